The number of carbonyl (C=O) groups excluding carboxylic acids is 2. The molecule has 0 radical (unpaired) electrons. The number of amides is 2. The van der Waals surface area contributed by atoms with E-state index in [-0.39, 0.29) is 12.0 Å². The molecule has 0 bridgehead atoms. The molecule has 8 nitrogen and oxygen atoms in total. The lowest BCUT2D eigenvalue weighted by atomic mass is 10.0. The molecule has 0 aliphatic carbocycles. The second kappa shape index (κ2) is 7.27. The summed E-state index contributed by atoms with van der Waals surface area (Å²) in [6, 6.07) is 5.16. The Bertz CT molecular complexity index is 782. The summed E-state index contributed by atoms with van der Waals surface area (Å²) in [5.41, 5.74) is 5.07. The van der Waals surface area contributed by atoms with Gasteiger partial charge in [-0.2, -0.15) is 4.39 Å². The van der Waals surface area contributed by atoms with Gasteiger partial charge in [0.1, 0.15) is 6.04 Å². The van der Waals surface area contributed by atoms with Crippen LogP contribution in [0.4, 0.5) is 10.1 Å². The maximum atomic E-state index is 13.3. The number of aromatic nitrogens is 1. The average molecular weight is 332 g/mol. The van der Waals surface area contributed by atoms with Crippen molar-refractivity contribution in [2.75, 3.05) is 0 Å². The van der Waals surface area contributed by atoms with E-state index >= 15 is 0 Å². The molecule has 1 aromatic heterocycles. The molecule has 1 atom stereocenters. The molecule has 1 aromatic carbocycles. The molecule has 9 heteroatoms. The van der Waals surface area contributed by atoms with E-state index in [1.807, 2.05) is 0 Å². The van der Waals surface area contributed by atoms with Gasteiger partial charge in [-0.15, -0.1) is 0 Å². The fraction of sp³-hybridized carbons (Fsp3) is 0.133. The van der Waals surface area contributed by atoms with Crippen LogP contribution in [0.3, 0.4) is 0 Å². The minimum atomic E-state index is -1.11. The summed E-state index contributed by atoms with van der Waals surface area (Å²) in [5.74, 6) is -2.37. The molecule has 124 valence electrons. The van der Waals surface area contributed by atoms with E-state index in [2.05, 4.69) is 10.3 Å². The summed E-state index contributed by atoms with van der Waals surface area (Å²) in [7, 11) is 0. The Hall–Kier alpha value is -3.36. The minimum absolute atomic E-state index is 0.109. The van der Waals surface area contributed by atoms with Crippen LogP contribution in [0.25, 0.3) is 0 Å². The van der Waals surface area contributed by atoms with E-state index in [0.717, 1.165) is 12.1 Å². The normalized spacial score (nSPS) is 11.5. The summed E-state index contributed by atoms with van der Waals surface area (Å²) in [6.07, 6.45) is 2.69. The number of rotatable bonds is 6. The molecule has 1 heterocycles. The molecule has 0 saturated heterocycles. The number of hydrogen-bond acceptors (Lipinski definition) is 5. The van der Waals surface area contributed by atoms with Crippen molar-refractivity contribution in [3.8, 4) is 0 Å². The Morgan fingerprint density at radius 1 is 1.38 bits per heavy atom. The number of carbonyl (C=O) groups is 2. The van der Waals surface area contributed by atoms with Crippen LogP contribution in [0.2, 0.25) is 0 Å². The molecule has 0 aliphatic heterocycles. The van der Waals surface area contributed by atoms with Crippen LogP contribution in [-0.4, -0.2) is 27.8 Å². The first kappa shape index (κ1) is 17.0. The van der Waals surface area contributed by atoms with Crippen LogP contribution in [0.5, 0.6) is 0 Å². The fourth-order valence-electron chi connectivity index (χ4n) is 2.02. The third kappa shape index (κ3) is 4.09. The quantitative estimate of drug-likeness (QED) is 0.601. The summed E-state index contributed by atoms with van der Waals surface area (Å²) in [5, 5.41) is 13.2. The highest BCUT2D eigenvalue weighted by Gasteiger charge is 2.22. The standard InChI is InChI=1S/C15H13FN4O4/c16-11-4-3-9(7-13(11)20(23)24)6-12(14(17)21)19-15(22)10-2-1-5-18-8-10/h1-5,7-8,12H,6H2,(H2,17,21)(H,19,22)/t12-/m1/s1. The first-order valence-electron chi connectivity index (χ1n) is 6.81. The van der Waals surface area contributed by atoms with E-state index in [0.29, 0.717) is 5.56 Å². The van der Waals surface area contributed by atoms with E-state index in [1.54, 1.807) is 6.07 Å². The molecule has 24 heavy (non-hydrogen) atoms. The highest BCUT2D eigenvalue weighted by atomic mass is 19.1. The molecule has 3 N–H and O–H groups in total. The molecule has 2 rings (SSSR count). The van der Waals surface area contributed by atoms with Crippen LogP contribution in [0, 0.1) is 15.9 Å². The molecule has 2 aromatic rings. The number of nitrogens with one attached hydrogen (secondary N) is 1. The number of primary amides is 1. The highest BCUT2D eigenvalue weighted by Crippen LogP contribution is 2.19. The number of nitrogens with two attached hydrogens (primary N) is 1. The van der Waals surface area contributed by atoms with Crippen molar-refractivity contribution < 1.29 is 18.9 Å². The second-order valence-corrected chi connectivity index (χ2v) is 4.92. The largest absolute Gasteiger partial charge is 0.368 e. The molecule has 2 amide bonds. The smallest absolute Gasteiger partial charge is 0.305 e. The van der Waals surface area contributed by atoms with Crippen molar-refractivity contribution >= 4 is 17.5 Å². The summed E-state index contributed by atoms with van der Waals surface area (Å²) < 4.78 is 13.3. The number of nitrogens with zero attached hydrogens (tertiary/aromatic N) is 2. The molecule has 0 spiro atoms. The maximum Gasteiger partial charge on any atom is 0.305 e. The Morgan fingerprint density at radius 3 is 2.71 bits per heavy atom. The highest BCUT2D eigenvalue weighted by molar-refractivity contribution is 5.97. The third-order valence-electron chi connectivity index (χ3n) is 3.22. The van der Waals surface area contributed by atoms with Gasteiger partial charge in [-0.05, 0) is 23.8 Å². The van der Waals surface area contributed by atoms with Crippen molar-refractivity contribution in [3.05, 3.63) is 69.8 Å². The first-order valence-corrected chi connectivity index (χ1v) is 6.81. The van der Waals surface area contributed by atoms with E-state index < -0.39 is 34.3 Å². The van der Waals surface area contributed by atoms with Crippen molar-refractivity contribution in [1.29, 1.82) is 0 Å². The zero-order chi connectivity index (χ0) is 17.7. The summed E-state index contributed by atoms with van der Waals surface area (Å²) >= 11 is 0. The Balaban J connectivity index is 2.17. The van der Waals surface area contributed by atoms with Crippen LogP contribution in [0.1, 0.15) is 15.9 Å². The van der Waals surface area contributed by atoms with Crippen LogP contribution in [-0.2, 0) is 11.2 Å². The van der Waals surface area contributed by atoms with Gasteiger partial charge in [0.2, 0.25) is 11.7 Å². The van der Waals surface area contributed by atoms with Crippen LogP contribution < -0.4 is 11.1 Å². The molecule has 0 fully saturated rings. The van der Waals surface area contributed by atoms with Gasteiger partial charge in [0.05, 0.1) is 10.5 Å². The SMILES string of the molecule is NC(=O)[C@@H](Cc1ccc(F)c([N+](=O)[O-])c1)NC(=O)c1cccnc1. The van der Waals surface area contributed by atoms with Gasteiger partial charge in [0.25, 0.3) is 5.91 Å². The van der Waals surface area contributed by atoms with Crippen molar-refractivity contribution in [2.45, 2.75) is 12.5 Å². The average Bonchev–Trinajstić information content (AvgIpc) is 2.56. The molecule has 0 unspecified atom stereocenters. The van der Waals surface area contributed by atoms with Crippen molar-refractivity contribution in [2.24, 2.45) is 5.73 Å². The third-order valence-corrected chi connectivity index (χ3v) is 3.22. The van der Waals surface area contributed by atoms with Gasteiger partial charge in [-0.25, -0.2) is 0 Å². The van der Waals surface area contributed by atoms with E-state index in [4.69, 9.17) is 5.73 Å². The van der Waals surface area contributed by atoms with E-state index in [1.165, 1.54) is 24.5 Å². The number of pyridine rings is 1. The topological polar surface area (TPSA) is 128 Å². The Labute approximate surface area is 135 Å². The van der Waals surface area contributed by atoms with Crippen molar-refractivity contribution in [1.82, 2.24) is 10.3 Å². The monoisotopic (exact) mass is 332 g/mol. The first-order chi connectivity index (χ1) is 11.4. The molecule has 0 saturated carbocycles. The molecule has 0 aliphatic rings. The zero-order valence-corrected chi connectivity index (χ0v) is 12.3. The minimum Gasteiger partial charge on any atom is -0.368 e. The lowest BCUT2D eigenvalue weighted by molar-refractivity contribution is -0.387. The van der Waals surface area contributed by atoms with Gasteiger partial charge in [-0.3, -0.25) is 24.7 Å². The van der Waals surface area contributed by atoms with Gasteiger partial charge < -0.3 is 11.1 Å². The number of hydrogen-bond donors (Lipinski definition) is 2. The zero-order valence-electron chi connectivity index (χ0n) is 12.3. The van der Waals surface area contributed by atoms with Gasteiger partial charge in [0, 0.05) is 24.9 Å². The lowest BCUT2D eigenvalue weighted by Crippen LogP contribution is -2.45. The van der Waals surface area contributed by atoms with Crippen LogP contribution in [0.15, 0.2) is 42.7 Å². The molecular formula is C15H13FN4O4. The Morgan fingerprint density at radius 2 is 2.12 bits per heavy atom. The number of nitro groups is 1. The second-order valence-electron chi connectivity index (χ2n) is 4.92. The number of nitro benzene ring substituents is 1. The Kier molecular flexibility index (Phi) is 5.15. The lowest BCUT2D eigenvalue weighted by Gasteiger charge is -2.15. The summed E-state index contributed by atoms with van der Waals surface area (Å²) in [4.78, 5) is 37.3. The predicted octanol–water partition coefficient (Wildman–Crippen LogP) is 0.955. The van der Waals surface area contributed by atoms with Gasteiger partial charge >= 0.3 is 5.69 Å². The fourth-order valence-corrected chi connectivity index (χ4v) is 2.02. The van der Waals surface area contributed by atoms with Crippen LogP contribution >= 0.6 is 0 Å². The molecular weight excluding hydrogens is 319 g/mol. The van der Waals surface area contributed by atoms with Crippen molar-refractivity contribution in [3.63, 3.8) is 0 Å². The number of halogens is 1. The maximum absolute atomic E-state index is 13.3. The summed E-state index contributed by atoms with van der Waals surface area (Å²) in [6.45, 7) is 0. The van der Waals surface area contributed by atoms with Gasteiger partial charge in [0.15, 0.2) is 0 Å². The van der Waals surface area contributed by atoms with Gasteiger partial charge in [-0.1, -0.05) is 6.07 Å². The number of benzene rings is 1. The predicted molar refractivity (Wildman–Crippen MR) is 81.4 cm³/mol. The van der Waals surface area contributed by atoms with E-state index in [9.17, 15) is 24.1 Å².